The molecule has 5 nitrogen and oxygen atoms in total. The number of benzene rings is 2. The maximum Gasteiger partial charge on any atom is 0.266 e. The molecule has 0 radical (unpaired) electrons. The first-order valence-electron chi connectivity index (χ1n) is 8.21. The summed E-state index contributed by atoms with van der Waals surface area (Å²) in [7, 11) is 0. The molecule has 6 heteroatoms. The van der Waals surface area contributed by atoms with Gasteiger partial charge in [-0.15, -0.1) is 0 Å². The number of nitrogens with zero attached hydrogens (tertiary/aromatic N) is 1. The Morgan fingerprint density at radius 3 is 2.69 bits per heavy atom. The van der Waals surface area contributed by atoms with E-state index in [1.165, 1.54) is 12.1 Å². The zero-order valence-corrected chi connectivity index (χ0v) is 13.8. The number of anilines is 3. The quantitative estimate of drug-likeness (QED) is 0.750. The average molecular weight is 349 g/mol. The van der Waals surface area contributed by atoms with E-state index in [-0.39, 0.29) is 11.7 Å². The Morgan fingerprint density at radius 1 is 1.08 bits per heavy atom. The van der Waals surface area contributed by atoms with Gasteiger partial charge in [0.05, 0.1) is 11.9 Å². The van der Waals surface area contributed by atoms with Crippen LogP contribution in [0.1, 0.15) is 5.56 Å². The van der Waals surface area contributed by atoms with E-state index in [1.807, 2.05) is 36.4 Å². The molecular weight excluding hydrogens is 333 g/mol. The Balaban J connectivity index is 1.38. The molecule has 4 rings (SSSR count). The van der Waals surface area contributed by atoms with Crippen molar-refractivity contribution in [1.29, 1.82) is 0 Å². The summed E-state index contributed by atoms with van der Waals surface area (Å²) in [6.07, 6.45) is 1.30. The zero-order valence-electron chi connectivity index (χ0n) is 13.8. The SMILES string of the molecule is O=C(Nc1ccc(Nc2ccccc2)cn1)C1Cc2cc(F)ccc2O1. The molecule has 3 aromatic rings. The highest BCUT2D eigenvalue weighted by atomic mass is 19.1. The van der Waals surface area contributed by atoms with Gasteiger partial charge < -0.3 is 15.4 Å². The number of rotatable bonds is 4. The van der Waals surface area contributed by atoms with Gasteiger partial charge in [-0.25, -0.2) is 9.37 Å². The summed E-state index contributed by atoms with van der Waals surface area (Å²) in [5, 5.41) is 5.95. The van der Waals surface area contributed by atoms with Crippen LogP contribution >= 0.6 is 0 Å². The smallest absolute Gasteiger partial charge is 0.266 e. The summed E-state index contributed by atoms with van der Waals surface area (Å²) in [4.78, 5) is 16.6. The van der Waals surface area contributed by atoms with Crippen LogP contribution < -0.4 is 15.4 Å². The number of para-hydroxylation sites is 1. The molecule has 2 heterocycles. The number of ether oxygens (including phenoxy) is 1. The van der Waals surface area contributed by atoms with Crippen LogP contribution in [0.5, 0.6) is 5.75 Å². The predicted octanol–water partition coefficient (Wildman–Crippen LogP) is 3.91. The van der Waals surface area contributed by atoms with E-state index in [9.17, 15) is 9.18 Å². The van der Waals surface area contributed by atoms with Crippen LogP contribution in [-0.4, -0.2) is 17.0 Å². The summed E-state index contributed by atoms with van der Waals surface area (Å²) in [5.41, 5.74) is 2.46. The first kappa shape index (κ1) is 16.1. The topological polar surface area (TPSA) is 63.2 Å². The van der Waals surface area contributed by atoms with Crippen LogP contribution in [0.2, 0.25) is 0 Å². The molecule has 1 atom stereocenters. The Bertz CT molecular complexity index is 930. The summed E-state index contributed by atoms with van der Waals surface area (Å²) in [5.74, 6) is 0.329. The van der Waals surface area contributed by atoms with Crippen molar-refractivity contribution in [2.24, 2.45) is 0 Å². The molecule has 0 spiro atoms. The predicted molar refractivity (Wildman–Crippen MR) is 97.1 cm³/mol. The third-order valence-electron chi connectivity index (χ3n) is 4.07. The lowest BCUT2D eigenvalue weighted by atomic mass is 10.1. The first-order valence-corrected chi connectivity index (χ1v) is 8.21. The molecule has 0 saturated heterocycles. The van der Waals surface area contributed by atoms with Crippen molar-refractivity contribution in [2.45, 2.75) is 12.5 Å². The van der Waals surface area contributed by atoms with Crippen molar-refractivity contribution in [3.63, 3.8) is 0 Å². The van der Waals surface area contributed by atoms with Crippen LogP contribution in [0.4, 0.5) is 21.6 Å². The number of carbonyl (C=O) groups is 1. The monoisotopic (exact) mass is 349 g/mol. The summed E-state index contributed by atoms with van der Waals surface area (Å²) in [6.45, 7) is 0. The maximum atomic E-state index is 13.3. The second-order valence-electron chi connectivity index (χ2n) is 5.98. The minimum Gasteiger partial charge on any atom is -0.480 e. The van der Waals surface area contributed by atoms with Crippen molar-refractivity contribution < 1.29 is 13.9 Å². The largest absolute Gasteiger partial charge is 0.480 e. The molecule has 130 valence electrons. The van der Waals surface area contributed by atoms with Gasteiger partial charge in [0.15, 0.2) is 6.10 Å². The second kappa shape index (κ2) is 6.84. The molecule has 1 amide bonds. The van der Waals surface area contributed by atoms with E-state index in [0.29, 0.717) is 23.6 Å². The van der Waals surface area contributed by atoms with E-state index in [0.717, 1.165) is 11.4 Å². The number of hydrogen-bond donors (Lipinski definition) is 2. The number of aromatic nitrogens is 1. The number of fused-ring (bicyclic) bond motifs is 1. The molecule has 0 aliphatic carbocycles. The van der Waals surface area contributed by atoms with E-state index in [1.54, 1.807) is 18.3 Å². The molecule has 1 unspecified atom stereocenters. The molecule has 0 bridgehead atoms. The van der Waals surface area contributed by atoms with Gasteiger partial charge in [0.1, 0.15) is 17.4 Å². The van der Waals surface area contributed by atoms with Crippen LogP contribution in [-0.2, 0) is 11.2 Å². The molecular formula is C20H16FN3O2. The lowest BCUT2D eigenvalue weighted by Gasteiger charge is -2.11. The fraction of sp³-hybridized carbons (Fsp3) is 0.100. The van der Waals surface area contributed by atoms with E-state index in [2.05, 4.69) is 15.6 Å². The van der Waals surface area contributed by atoms with Gasteiger partial charge in [0.2, 0.25) is 0 Å². The normalized spacial score (nSPS) is 15.0. The Kier molecular flexibility index (Phi) is 4.23. The fourth-order valence-electron chi connectivity index (χ4n) is 2.80. The number of carbonyl (C=O) groups excluding carboxylic acids is 1. The Labute approximate surface area is 149 Å². The summed E-state index contributed by atoms with van der Waals surface area (Å²) in [6, 6.07) is 17.5. The van der Waals surface area contributed by atoms with Gasteiger partial charge in [0, 0.05) is 17.7 Å². The number of nitrogens with one attached hydrogen (secondary N) is 2. The standard InChI is InChI=1S/C20H16FN3O2/c21-14-6-8-17-13(10-14)11-18(26-17)20(25)24-19-9-7-16(12-22-19)23-15-4-2-1-3-5-15/h1-10,12,18,23H,11H2,(H,22,24,25). The second-order valence-corrected chi connectivity index (χ2v) is 5.98. The van der Waals surface area contributed by atoms with Crippen molar-refractivity contribution in [1.82, 2.24) is 4.98 Å². The molecule has 0 saturated carbocycles. The fourth-order valence-corrected chi connectivity index (χ4v) is 2.80. The molecule has 2 N–H and O–H groups in total. The van der Waals surface area contributed by atoms with Gasteiger partial charge in [-0.1, -0.05) is 18.2 Å². The molecule has 0 fully saturated rings. The van der Waals surface area contributed by atoms with Crippen molar-refractivity contribution in [2.75, 3.05) is 10.6 Å². The van der Waals surface area contributed by atoms with Gasteiger partial charge in [-0.3, -0.25) is 4.79 Å². The third kappa shape index (κ3) is 3.49. The molecule has 2 aromatic carbocycles. The lowest BCUT2D eigenvalue weighted by Crippen LogP contribution is -2.31. The molecule has 1 aliphatic heterocycles. The van der Waals surface area contributed by atoms with Crippen LogP contribution in [0, 0.1) is 5.82 Å². The highest BCUT2D eigenvalue weighted by Gasteiger charge is 2.29. The van der Waals surface area contributed by atoms with Crippen LogP contribution in [0.15, 0.2) is 66.9 Å². The van der Waals surface area contributed by atoms with Gasteiger partial charge in [-0.2, -0.15) is 0 Å². The Morgan fingerprint density at radius 2 is 1.92 bits per heavy atom. The summed E-state index contributed by atoms with van der Waals surface area (Å²) >= 11 is 0. The van der Waals surface area contributed by atoms with Gasteiger partial charge >= 0.3 is 0 Å². The molecule has 1 aliphatic rings. The minimum absolute atomic E-state index is 0.308. The number of halogens is 1. The van der Waals surface area contributed by atoms with E-state index >= 15 is 0 Å². The van der Waals surface area contributed by atoms with E-state index < -0.39 is 6.10 Å². The molecule has 26 heavy (non-hydrogen) atoms. The Hall–Kier alpha value is -3.41. The number of pyridine rings is 1. The van der Waals surface area contributed by atoms with Crippen LogP contribution in [0.3, 0.4) is 0 Å². The first-order chi connectivity index (χ1) is 12.7. The average Bonchev–Trinajstić information content (AvgIpc) is 3.07. The molecule has 1 aromatic heterocycles. The van der Waals surface area contributed by atoms with Crippen molar-refractivity contribution >= 4 is 23.1 Å². The van der Waals surface area contributed by atoms with Gasteiger partial charge in [-0.05, 0) is 42.5 Å². The number of amides is 1. The van der Waals surface area contributed by atoms with Crippen molar-refractivity contribution in [3.05, 3.63) is 78.2 Å². The highest BCUT2D eigenvalue weighted by molar-refractivity contribution is 5.94. The van der Waals surface area contributed by atoms with Gasteiger partial charge in [0.25, 0.3) is 5.91 Å². The maximum absolute atomic E-state index is 13.3. The van der Waals surface area contributed by atoms with Crippen molar-refractivity contribution in [3.8, 4) is 5.75 Å². The minimum atomic E-state index is -0.685. The van der Waals surface area contributed by atoms with Crippen LogP contribution in [0.25, 0.3) is 0 Å². The third-order valence-corrected chi connectivity index (χ3v) is 4.07. The number of hydrogen-bond acceptors (Lipinski definition) is 4. The zero-order chi connectivity index (χ0) is 17.9. The van der Waals surface area contributed by atoms with E-state index in [4.69, 9.17) is 4.74 Å². The summed E-state index contributed by atoms with van der Waals surface area (Å²) < 4.78 is 18.8. The lowest BCUT2D eigenvalue weighted by molar-refractivity contribution is -0.122. The highest BCUT2D eigenvalue weighted by Crippen LogP contribution is 2.29.